The molecule has 1 heterocycles. The molecule has 0 bridgehead atoms. The largest absolute Gasteiger partial charge is 0.393 e. The molecule has 0 fully saturated rings. The Morgan fingerprint density at radius 2 is 2.06 bits per heavy atom. The molecule has 0 saturated heterocycles. The van der Waals surface area contributed by atoms with Gasteiger partial charge in [-0.3, -0.25) is 0 Å². The smallest absolute Gasteiger partial charge is 0.232 e. The van der Waals surface area contributed by atoms with E-state index >= 15 is 0 Å². The van der Waals surface area contributed by atoms with Gasteiger partial charge in [0.05, 0.1) is 12.0 Å². The zero-order valence-corrected chi connectivity index (χ0v) is 10.2. The molecule has 0 radical (unpaired) electrons. The maximum Gasteiger partial charge on any atom is 0.232 e. The zero-order chi connectivity index (χ0) is 12.4. The van der Waals surface area contributed by atoms with Gasteiger partial charge in [0.2, 0.25) is 11.7 Å². The summed E-state index contributed by atoms with van der Waals surface area (Å²) >= 11 is 0. The lowest BCUT2D eigenvalue weighted by Gasteiger charge is -2.07. The van der Waals surface area contributed by atoms with E-state index in [1.807, 2.05) is 38.1 Å². The van der Waals surface area contributed by atoms with Crippen molar-refractivity contribution in [1.29, 1.82) is 0 Å². The predicted octanol–water partition coefficient (Wildman–Crippen LogP) is 2.53. The molecule has 2 unspecified atom stereocenters. The molecule has 1 aromatic carbocycles. The van der Waals surface area contributed by atoms with Gasteiger partial charge in [0.25, 0.3) is 0 Å². The van der Waals surface area contributed by atoms with Crippen molar-refractivity contribution >= 4 is 0 Å². The van der Waals surface area contributed by atoms with Crippen LogP contribution in [0.3, 0.4) is 0 Å². The molecule has 2 aromatic rings. The van der Waals surface area contributed by atoms with Gasteiger partial charge in [-0.05, 0) is 19.9 Å². The fourth-order valence-corrected chi connectivity index (χ4v) is 1.53. The monoisotopic (exact) mass is 232 g/mol. The molecule has 0 spiro atoms. The SMILES string of the molecule is Cc1cccc(-c2noc(C(C)C(C)O)n2)c1. The molecular weight excluding hydrogens is 216 g/mol. The van der Waals surface area contributed by atoms with Crippen LogP contribution in [0.15, 0.2) is 28.8 Å². The van der Waals surface area contributed by atoms with Gasteiger partial charge in [-0.1, -0.05) is 35.8 Å². The van der Waals surface area contributed by atoms with E-state index in [1.54, 1.807) is 6.92 Å². The van der Waals surface area contributed by atoms with Crippen molar-refractivity contribution in [2.24, 2.45) is 0 Å². The highest BCUT2D eigenvalue weighted by Crippen LogP contribution is 2.22. The number of hydrogen-bond donors (Lipinski definition) is 1. The van der Waals surface area contributed by atoms with Gasteiger partial charge < -0.3 is 9.63 Å². The highest BCUT2D eigenvalue weighted by atomic mass is 16.5. The number of hydrogen-bond acceptors (Lipinski definition) is 4. The van der Waals surface area contributed by atoms with E-state index < -0.39 is 6.10 Å². The molecule has 17 heavy (non-hydrogen) atoms. The molecule has 4 nitrogen and oxygen atoms in total. The molecule has 0 aliphatic rings. The first-order chi connectivity index (χ1) is 8.08. The molecule has 0 amide bonds. The topological polar surface area (TPSA) is 59.2 Å². The van der Waals surface area contributed by atoms with E-state index in [-0.39, 0.29) is 5.92 Å². The second-order valence-corrected chi connectivity index (χ2v) is 4.35. The quantitative estimate of drug-likeness (QED) is 0.883. The molecule has 0 saturated carbocycles. The lowest BCUT2D eigenvalue weighted by Crippen LogP contribution is -2.11. The number of aryl methyl sites for hydroxylation is 1. The van der Waals surface area contributed by atoms with E-state index in [9.17, 15) is 5.11 Å². The van der Waals surface area contributed by atoms with Crippen LogP contribution < -0.4 is 0 Å². The maximum absolute atomic E-state index is 9.47. The molecule has 1 aromatic heterocycles. The van der Waals surface area contributed by atoms with Crippen molar-refractivity contribution in [1.82, 2.24) is 10.1 Å². The van der Waals surface area contributed by atoms with Crippen LogP contribution in [0.4, 0.5) is 0 Å². The molecule has 90 valence electrons. The van der Waals surface area contributed by atoms with Gasteiger partial charge in [-0.15, -0.1) is 0 Å². The summed E-state index contributed by atoms with van der Waals surface area (Å²) in [4.78, 5) is 4.30. The third-order valence-corrected chi connectivity index (χ3v) is 2.83. The minimum atomic E-state index is -0.499. The first-order valence-corrected chi connectivity index (χ1v) is 5.66. The summed E-state index contributed by atoms with van der Waals surface area (Å²) in [6.45, 7) is 5.59. The van der Waals surface area contributed by atoms with Crippen LogP contribution in [-0.4, -0.2) is 21.4 Å². The van der Waals surface area contributed by atoms with Gasteiger partial charge in [-0.2, -0.15) is 4.98 Å². The van der Waals surface area contributed by atoms with Crippen molar-refractivity contribution < 1.29 is 9.63 Å². The van der Waals surface area contributed by atoms with E-state index in [2.05, 4.69) is 10.1 Å². The summed E-state index contributed by atoms with van der Waals surface area (Å²) in [5.41, 5.74) is 2.08. The van der Waals surface area contributed by atoms with Gasteiger partial charge in [0.1, 0.15) is 0 Å². The van der Waals surface area contributed by atoms with E-state index in [4.69, 9.17) is 4.52 Å². The molecule has 2 rings (SSSR count). The van der Waals surface area contributed by atoms with E-state index in [1.165, 1.54) is 0 Å². The Labute approximate surface area is 100 Å². The van der Waals surface area contributed by atoms with E-state index in [0.717, 1.165) is 11.1 Å². The van der Waals surface area contributed by atoms with Crippen molar-refractivity contribution in [3.63, 3.8) is 0 Å². The minimum Gasteiger partial charge on any atom is -0.393 e. The second-order valence-electron chi connectivity index (χ2n) is 4.35. The summed E-state index contributed by atoms with van der Waals surface area (Å²) in [5.74, 6) is 0.883. The first-order valence-electron chi connectivity index (χ1n) is 5.66. The van der Waals surface area contributed by atoms with Gasteiger partial charge >= 0.3 is 0 Å². The number of nitrogens with zero attached hydrogens (tertiary/aromatic N) is 2. The Kier molecular flexibility index (Phi) is 3.24. The summed E-state index contributed by atoms with van der Waals surface area (Å²) in [7, 11) is 0. The van der Waals surface area contributed by atoms with Crippen LogP contribution in [0.25, 0.3) is 11.4 Å². The van der Waals surface area contributed by atoms with Crippen molar-refractivity contribution in [2.45, 2.75) is 32.8 Å². The fourth-order valence-electron chi connectivity index (χ4n) is 1.53. The van der Waals surface area contributed by atoms with Crippen LogP contribution in [-0.2, 0) is 0 Å². The summed E-state index contributed by atoms with van der Waals surface area (Å²) in [6.07, 6.45) is -0.499. The molecule has 0 aliphatic carbocycles. The third-order valence-electron chi connectivity index (χ3n) is 2.83. The minimum absolute atomic E-state index is 0.152. The standard InChI is InChI=1S/C13H16N2O2/c1-8-5-4-6-11(7-8)12-14-13(17-15-12)9(2)10(3)16/h4-7,9-10,16H,1-3H3. The fraction of sp³-hybridized carbons (Fsp3) is 0.385. The van der Waals surface area contributed by atoms with Crippen LogP contribution in [0.1, 0.15) is 31.2 Å². The summed E-state index contributed by atoms with van der Waals surface area (Å²) in [5, 5.41) is 13.4. The number of aliphatic hydroxyl groups is 1. The number of rotatable bonds is 3. The predicted molar refractivity (Wildman–Crippen MR) is 64.6 cm³/mol. The van der Waals surface area contributed by atoms with Gasteiger partial charge in [0, 0.05) is 5.56 Å². The highest BCUT2D eigenvalue weighted by Gasteiger charge is 2.19. The number of aromatic nitrogens is 2. The van der Waals surface area contributed by atoms with Crippen molar-refractivity contribution in [3.8, 4) is 11.4 Å². The number of aliphatic hydroxyl groups excluding tert-OH is 1. The highest BCUT2D eigenvalue weighted by molar-refractivity contribution is 5.55. The molecule has 1 N–H and O–H groups in total. The molecule has 2 atom stereocenters. The normalized spacial score (nSPS) is 14.6. The Morgan fingerprint density at radius 1 is 1.29 bits per heavy atom. The van der Waals surface area contributed by atoms with Gasteiger partial charge in [-0.25, -0.2) is 0 Å². The second kappa shape index (κ2) is 4.67. The van der Waals surface area contributed by atoms with Crippen LogP contribution in [0.2, 0.25) is 0 Å². The third kappa shape index (κ3) is 2.53. The maximum atomic E-state index is 9.47. The average Bonchev–Trinajstić information content (AvgIpc) is 2.77. The Morgan fingerprint density at radius 3 is 2.71 bits per heavy atom. The van der Waals surface area contributed by atoms with Crippen molar-refractivity contribution in [3.05, 3.63) is 35.7 Å². The summed E-state index contributed by atoms with van der Waals surface area (Å²) < 4.78 is 5.16. The van der Waals surface area contributed by atoms with Crippen LogP contribution >= 0.6 is 0 Å². The van der Waals surface area contributed by atoms with Crippen LogP contribution in [0, 0.1) is 6.92 Å². The summed E-state index contributed by atoms with van der Waals surface area (Å²) in [6, 6.07) is 7.91. The Bertz CT molecular complexity index is 506. The Balaban J connectivity index is 2.30. The van der Waals surface area contributed by atoms with E-state index in [0.29, 0.717) is 11.7 Å². The van der Waals surface area contributed by atoms with Crippen molar-refractivity contribution in [2.75, 3.05) is 0 Å². The molecular formula is C13H16N2O2. The molecule has 0 aliphatic heterocycles. The lowest BCUT2D eigenvalue weighted by atomic mass is 10.1. The number of benzene rings is 1. The van der Waals surface area contributed by atoms with Crippen LogP contribution in [0.5, 0.6) is 0 Å². The molecule has 4 heteroatoms. The zero-order valence-electron chi connectivity index (χ0n) is 10.2. The first kappa shape index (κ1) is 11.8. The lowest BCUT2D eigenvalue weighted by molar-refractivity contribution is 0.151. The van der Waals surface area contributed by atoms with Gasteiger partial charge in [0.15, 0.2) is 0 Å². The average molecular weight is 232 g/mol. The Hall–Kier alpha value is -1.68.